The van der Waals surface area contributed by atoms with Gasteiger partial charge in [-0.25, -0.2) is 8.42 Å². The van der Waals surface area contributed by atoms with Crippen LogP contribution >= 0.6 is 11.6 Å². The molecule has 0 unspecified atom stereocenters. The van der Waals surface area contributed by atoms with Crippen molar-refractivity contribution in [3.8, 4) is 0 Å². The Morgan fingerprint density at radius 3 is 2.61 bits per heavy atom. The first-order valence-electron chi connectivity index (χ1n) is 11.1. The number of sulfonamides is 1. The molecule has 0 spiro atoms. The van der Waals surface area contributed by atoms with E-state index in [0.29, 0.717) is 41.7 Å². The molecule has 0 saturated carbocycles. The van der Waals surface area contributed by atoms with Gasteiger partial charge in [0, 0.05) is 36.5 Å². The molecule has 0 atom stereocenters. The summed E-state index contributed by atoms with van der Waals surface area (Å²) in [6.07, 6.45) is 6.62. The molecule has 2 aromatic carbocycles. The van der Waals surface area contributed by atoms with Crippen LogP contribution in [0.3, 0.4) is 0 Å². The predicted octanol–water partition coefficient (Wildman–Crippen LogP) is 3.96. The lowest BCUT2D eigenvalue weighted by molar-refractivity contribution is 0.0985. The maximum absolute atomic E-state index is 13.3. The summed E-state index contributed by atoms with van der Waals surface area (Å²) < 4.78 is 29.2. The first kappa shape index (κ1) is 22.1. The van der Waals surface area contributed by atoms with Crippen molar-refractivity contribution in [1.82, 2.24) is 14.1 Å². The largest absolute Gasteiger partial charge is 0.308 e. The van der Waals surface area contributed by atoms with Crippen LogP contribution < -0.4 is 4.90 Å². The number of carbonyl (C=O) groups is 1. The van der Waals surface area contributed by atoms with Crippen LogP contribution in [0.5, 0.6) is 0 Å². The van der Waals surface area contributed by atoms with E-state index in [1.54, 1.807) is 44.5 Å². The number of hydrogen-bond donors (Lipinski definition) is 0. The standard InChI is InChI=1S/C24H25ClN4O3S/c25-22-8-2-1-6-19(22)16-27-17-20(15-26-27)24(30)29-13-5-7-18-14-21(9-10-23(18)29)33(31,32)28-11-3-4-12-28/h1-2,6,8-10,14-15,17H,3-5,7,11-13,16H2. The lowest BCUT2D eigenvalue weighted by atomic mass is 10.0. The van der Waals surface area contributed by atoms with Gasteiger partial charge in [-0.1, -0.05) is 29.8 Å². The highest BCUT2D eigenvalue weighted by Gasteiger charge is 2.30. The molecule has 1 amide bonds. The van der Waals surface area contributed by atoms with Gasteiger partial charge in [0.1, 0.15) is 0 Å². The molecular formula is C24H25ClN4O3S. The number of aryl methyl sites for hydroxylation is 1. The SMILES string of the molecule is O=C(c1cnn(Cc2ccccc2Cl)c1)N1CCCc2cc(S(=O)(=O)N3CCCC3)ccc21. The zero-order valence-corrected chi connectivity index (χ0v) is 19.7. The van der Waals surface area contributed by atoms with Crippen molar-refractivity contribution < 1.29 is 13.2 Å². The van der Waals surface area contributed by atoms with Crippen molar-refractivity contribution in [3.63, 3.8) is 0 Å². The van der Waals surface area contributed by atoms with Gasteiger partial charge >= 0.3 is 0 Å². The van der Waals surface area contributed by atoms with Gasteiger partial charge in [-0.2, -0.15) is 9.40 Å². The van der Waals surface area contributed by atoms with Crippen LogP contribution in [-0.4, -0.2) is 48.0 Å². The van der Waals surface area contributed by atoms with Gasteiger partial charge in [0.05, 0.1) is 23.2 Å². The molecule has 3 aromatic rings. The summed E-state index contributed by atoms with van der Waals surface area (Å²) in [7, 11) is -3.49. The fraction of sp³-hybridized carbons (Fsp3) is 0.333. The number of aromatic nitrogens is 2. The summed E-state index contributed by atoms with van der Waals surface area (Å²) >= 11 is 6.25. The van der Waals surface area contributed by atoms with E-state index < -0.39 is 10.0 Å². The van der Waals surface area contributed by atoms with E-state index >= 15 is 0 Å². The van der Waals surface area contributed by atoms with E-state index in [1.165, 1.54) is 0 Å². The number of amides is 1. The monoisotopic (exact) mass is 484 g/mol. The third-order valence-electron chi connectivity index (χ3n) is 6.29. The van der Waals surface area contributed by atoms with E-state index in [1.807, 2.05) is 24.3 Å². The molecule has 1 fully saturated rings. The molecule has 2 aliphatic heterocycles. The fourth-order valence-corrected chi connectivity index (χ4v) is 6.30. The number of nitrogens with zero attached hydrogens (tertiary/aromatic N) is 4. The lowest BCUT2D eigenvalue weighted by Gasteiger charge is -2.30. The maximum Gasteiger partial charge on any atom is 0.261 e. The summed E-state index contributed by atoms with van der Waals surface area (Å²) in [6, 6.07) is 12.7. The van der Waals surface area contributed by atoms with Crippen LogP contribution in [0, 0.1) is 0 Å². The minimum absolute atomic E-state index is 0.142. The number of rotatable bonds is 5. The van der Waals surface area contributed by atoms with E-state index in [4.69, 9.17) is 11.6 Å². The van der Waals surface area contributed by atoms with Crippen LogP contribution in [0.4, 0.5) is 5.69 Å². The summed E-state index contributed by atoms with van der Waals surface area (Å²) in [5.74, 6) is -0.142. The summed E-state index contributed by atoms with van der Waals surface area (Å²) in [6.45, 7) is 2.20. The molecule has 0 radical (unpaired) electrons. The number of carbonyl (C=O) groups excluding carboxylic acids is 1. The van der Waals surface area contributed by atoms with Gasteiger partial charge in [0.15, 0.2) is 0 Å². The molecule has 0 N–H and O–H groups in total. The van der Waals surface area contributed by atoms with Gasteiger partial charge < -0.3 is 4.90 Å². The second-order valence-electron chi connectivity index (χ2n) is 8.48. The van der Waals surface area contributed by atoms with Crippen LogP contribution in [-0.2, 0) is 23.0 Å². The second-order valence-corrected chi connectivity index (χ2v) is 10.8. The molecule has 0 aliphatic carbocycles. The number of halogens is 1. The molecule has 33 heavy (non-hydrogen) atoms. The van der Waals surface area contributed by atoms with Crippen molar-refractivity contribution in [2.24, 2.45) is 0 Å². The fourth-order valence-electron chi connectivity index (χ4n) is 4.54. The Morgan fingerprint density at radius 1 is 1.03 bits per heavy atom. The molecule has 1 aromatic heterocycles. The van der Waals surface area contributed by atoms with E-state index in [2.05, 4.69) is 5.10 Å². The highest BCUT2D eigenvalue weighted by molar-refractivity contribution is 7.89. The number of benzene rings is 2. The Kier molecular flexibility index (Phi) is 5.99. The zero-order chi connectivity index (χ0) is 23.0. The molecule has 3 heterocycles. The van der Waals surface area contributed by atoms with Gasteiger partial charge in [0.2, 0.25) is 10.0 Å². The van der Waals surface area contributed by atoms with Crippen molar-refractivity contribution in [2.75, 3.05) is 24.5 Å². The molecule has 5 rings (SSSR count). The molecular weight excluding hydrogens is 460 g/mol. The maximum atomic E-state index is 13.3. The summed E-state index contributed by atoms with van der Waals surface area (Å²) in [5.41, 5.74) is 3.07. The zero-order valence-electron chi connectivity index (χ0n) is 18.2. The van der Waals surface area contributed by atoms with E-state index in [9.17, 15) is 13.2 Å². The van der Waals surface area contributed by atoms with Crippen molar-refractivity contribution in [1.29, 1.82) is 0 Å². The molecule has 9 heteroatoms. The highest BCUT2D eigenvalue weighted by atomic mass is 35.5. The Labute approximate surface area is 198 Å². The molecule has 7 nitrogen and oxygen atoms in total. The topological polar surface area (TPSA) is 75.5 Å². The summed E-state index contributed by atoms with van der Waals surface area (Å²) in [5, 5.41) is 5.00. The van der Waals surface area contributed by atoms with E-state index in [-0.39, 0.29) is 5.91 Å². The van der Waals surface area contributed by atoms with Crippen LogP contribution in [0.15, 0.2) is 59.8 Å². The highest BCUT2D eigenvalue weighted by Crippen LogP contribution is 2.32. The van der Waals surface area contributed by atoms with Gasteiger partial charge in [-0.05, 0) is 61.1 Å². The van der Waals surface area contributed by atoms with Crippen LogP contribution in [0.1, 0.15) is 40.7 Å². The Balaban J connectivity index is 1.38. The van der Waals surface area contributed by atoms with E-state index in [0.717, 1.165) is 42.5 Å². The smallest absolute Gasteiger partial charge is 0.261 e. The first-order chi connectivity index (χ1) is 15.9. The average Bonchev–Trinajstić information content (AvgIpc) is 3.52. The number of anilines is 1. The van der Waals surface area contributed by atoms with Gasteiger partial charge in [-0.15, -0.1) is 0 Å². The lowest BCUT2D eigenvalue weighted by Crippen LogP contribution is -2.35. The average molecular weight is 485 g/mol. The second kappa shape index (κ2) is 8.93. The van der Waals surface area contributed by atoms with Crippen molar-refractivity contribution in [2.45, 2.75) is 37.1 Å². The van der Waals surface area contributed by atoms with Gasteiger partial charge in [-0.3, -0.25) is 9.48 Å². The minimum atomic E-state index is -3.49. The normalized spacial score (nSPS) is 16.7. The van der Waals surface area contributed by atoms with Crippen molar-refractivity contribution in [3.05, 3.63) is 76.6 Å². The predicted molar refractivity (Wildman–Crippen MR) is 127 cm³/mol. The van der Waals surface area contributed by atoms with Crippen LogP contribution in [0.2, 0.25) is 5.02 Å². The quantitative estimate of drug-likeness (QED) is 0.549. The summed E-state index contributed by atoms with van der Waals surface area (Å²) in [4.78, 5) is 15.3. The van der Waals surface area contributed by atoms with Crippen molar-refractivity contribution >= 4 is 33.2 Å². The first-order valence-corrected chi connectivity index (χ1v) is 13.0. The number of hydrogen-bond acceptors (Lipinski definition) is 4. The number of fused-ring (bicyclic) bond motifs is 1. The van der Waals surface area contributed by atoms with Gasteiger partial charge in [0.25, 0.3) is 5.91 Å². The molecule has 0 bridgehead atoms. The minimum Gasteiger partial charge on any atom is -0.308 e. The van der Waals surface area contributed by atoms with Crippen LogP contribution in [0.25, 0.3) is 0 Å². The Morgan fingerprint density at radius 2 is 1.82 bits per heavy atom. The molecule has 2 aliphatic rings. The molecule has 172 valence electrons. The third-order valence-corrected chi connectivity index (χ3v) is 8.55. The Hall–Kier alpha value is -2.68. The Bertz CT molecular complexity index is 1300. The third kappa shape index (κ3) is 4.30. The molecule has 1 saturated heterocycles.